The normalized spacial score (nSPS) is 18.8. The van der Waals surface area contributed by atoms with Crippen LogP contribution in [0.25, 0.3) is 0 Å². The van der Waals surface area contributed by atoms with E-state index in [0.29, 0.717) is 6.42 Å². The van der Waals surface area contributed by atoms with Crippen LogP contribution in [0.2, 0.25) is 0 Å². The number of aromatic nitrogens is 1. The number of halogens is 1. The van der Waals surface area contributed by atoms with Gasteiger partial charge in [0.25, 0.3) is 0 Å². The first-order valence-electron chi connectivity index (χ1n) is 5.57. The van der Waals surface area contributed by atoms with Gasteiger partial charge in [-0.15, -0.1) is 0 Å². The van der Waals surface area contributed by atoms with Gasteiger partial charge >= 0.3 is 0 Å². The first kappa shape index (κ1) is 12.3. The van der Waals surface area contributed by atoms with E-state index in [0.717, 1.165) is 22.4 Å². The summed E-state index contributed by atoms with van der Waals surface area (Å²) in [5, 5.41) is 3.22. The second kappa shape index (κ2) is 4.61. The number of pyridine rings is 1. The zero-order chi connectivity index (χ0) is 12.5. The second-order valence-electron chi connectivity index (χ2n) is 5.11. The van der Waals surface area contributed by atoms with Gasteiger partial charge in [0.1, 0.15) is 5.82 Å². The molecule has 17 heavy (non-hydrogen) atoms. The topological polar surface area (TPSA) is 42.0 Å². The Hall–Kier alpha value is -1.16. The summed E-state index contributed by atoms with van der Waals surface area (Å²) >= 11 is 3.43. The standard InChI is InChI=1S/C13H15BrN2O/c1-13(2)7-9(6-10(17)8-13)16-12-11(14)4-3-5-15-12/h3-6H,7-8H2,1-2H3,(H,15,16). The minimum absolute atomic E-state index is 0.0232. The first-order valence-corrected chi connectivity index (χ1v) is 6.36. The zero-order valence-electron chi connectivity index (χ0n) is 9.96. The molecule has 90 valence electrons. The summed E-state index contributed by atoms with van der Waals surface area (Å²) in [5.41, 5.74) is 0.959. The largest absolute Gasteiger partial charge is 0.343 e. The van der Waals surface area contributed by atoms with E-state index in [1.54, 1.807) is 12.3 Å². The molecule has 1 aliphatic rings. The Morgan fingerprint density at radius 1 is 1.41 bits per heavy atom. The van der Waals surface area contributed by atoms with Gasteiger partial charge in [-0.25, -0.2) is 4.98 Å². The minimum Gasteiger partial charge on any atom is -0.343 e. The van der Waals surface area contributed by atoms with Crippen LogP contribution in [-0.4, -0.2) is 10.8 Å². The van der Waals surface area contributed by atoms with Gasteiger partial charge in [0.2, 0.25) is 0 Å². The number of ketones is 1. The molecular formula is C13H15BrN2O. The van der Waals surface area contributed by atoms with E-state index in [-0.39, 0.29) is 11.2 Å². The average molecular weight is 295 g/mol. The van der Waals surface area contributed by atoms with Crippen molar-refractivity contribution < 1.29 is 4.79 Å². The highest BCUT2D eigenvalue weighted by atomic mass is 79.9. The van der Waals surface area contributed by atoms with Crippen LogP contribution in [0, 0.1) is 5.41 Å². The van der Waals surface area contributed by atoms with E-state index < -0.39 is 0 Å². The second-order valence-corrected chi connectivity index (χ2v) is 5.97. The molecule has 0 aliphatic heterocycles. The molecule has 0 aromatic carbocycles. The third kappa shape index (κ3) is 3.16. The van der Waals surface area contributed by atoms with Crippen molar-refractivity contribution in [1.29, 1.82) is 0 Å². The first-order chi connectivity index (χ1) is 7.96. The molecule has 1 aromatic heterocycles. The lowest BCUT2D eigenvalue weighted by Gasteiger charge is -2.29. The van der Waals surface area contributed by atoms with Gasteiger partial charge in [-0.1, -0.05) is 13.8 Å². The van der Waals surface area contributed by atoms with Gasteiger partial charge in [0.15, 0.2) is 5.78 Å². The number of carbonyl (C=O) groups is 1. The van der Waals surface area contributed by atoms with Crippen LogP contribution in [0.1, 0.15) is 26.7 Å². The van der Waals surface area contributed by atoms with Gasteiger partial charge < -0.3 is 5.32 Å². The number of anilines is 1. The number of nitrogens with zero attached hydrogens (tertiary/aromatic N) is 1. The summed E-state index contributed by atoms with van der Waals surface area (Å²) < 4.78 is 0.900. The van der Waals surface area contributed by atoms with Crippen molar-refractivity contribution in [2.24, 2.45) is 5.41 Å². The Morgan fingerprint density at radius 3 is 2.82 bits per heavy atom. The Labute approximate surface area is 109 Å². The molecule has 0 spiro atoms. The Bertz CT molecular complexity index is 480. The number of hydrogen-bond acceptors (Lipinski definition) is 3. The van der Waals surface area contributed by atoms with E-state index in [1.807, 2.05) is 12.1 Å². The van der Waals surface area contributed by atoms with Crippen molar-refractivity contribution in [2.75, 3.05) is 5.32 Å². The van der Waals surface area contributed by atoms with Gasteiger partial charge in [-0.05, 0) is 39.9 Å². The number of rotatable bonds is 2. The van der Waals surface area contributed by atoms with Crippen molar-refractivity contribution in [3.05, 3.63) is 34.6 Å². The summed E-state index contributed by atoms with van der Waals surface area (Å²) in [6.45, 7) is 4.21. The summed E-state index contributed by atoms with van der Waals surface area (Å²) in [6, 6.07) is 3.78. The molecule has 0 unspecified atom stereocenters. The van der Waals surface area contributed by atoms with Gasteiger partial charge in [-0.3, -0.25) is 4.79 Å². The lowest BCUT2D eigenvalue weighted by Crippen LogP contribution is -2.24. The average Bonchev–Trinajstić information content (AvgIpc) is 2.18. The van der Waals surface area contributed by atoms with Gasteiger partial charge in [0.05, 0.1) is 4.47 Å². The maximum Gasteiger partial charge on any atom is 0.157 e. The fourth-order valence-corrected chi connectivity index (χ4v) is 2.41. The summed E-state index contributed by atoms with van der Waals surface area (Å²) in [4.78, 5) is 15.9. The third-order valence-electron chi connectivity index (χ3n) is 2.69. The van der Waals surface area contributed by atoms with Crippen LogP contribution >= 0.6 is 15.9 Å². The number of hydrogen-bond donors (Lipinski definition) is 1. The van der Waals surface area contributed by atoms with E-state index in [2.05, 4.69) is 40.1 Å². The number of allylic oxidation sites excluding steroid dienone is 2. The van der Waals surface area contributed by atoms with Crippen molar-refractivity contribution in [1.82, 2.24) is 4.98 Å². The molecule has 0 bridgehead atoms. The molecule has 0 saturated carbocycles. The van der Waals surface area contributed by atoms with Gasteiger partial charge in [0, 0.05) is 24.4 Å². The van der Waals surface area contributed by atoms with Crippen LogP contribution in [0.4, 0.5) is 5.82 Å². The quantitative estimate of drug-likeness (QED) is 0.907. The molecule has 0 radical (unpaired) electrons. The Morgan fingerprint density at radius 2 is 2.18 bits per heavy atom. The van der Waals surface area contributed by atoms with Crippen molar-refractivity contribution in [3.8, 4) is 0 Å². The van der Waals surface area contributed by atoms with Crippen molar-refractivity contribution in [2.45, 2.75) is 26.7 Å². The van der Waals surface area contributed by atoms with E-state index >= 15 is 0 Å². The number of nitrogens with one attached hydrogen (secondary N) is 1. The van der Waals surface area contributed by atoms with Crippen molar-refractivity contribution >= 4 is 27.5 Å². The molecule has 0 saturated heterocycles. The number of carbonyl (C=O) groups excluding carboxylic acids is 1. The highest BCUT2D eigenvalue weighted by Crippen LogP contribution is 2.34. The lowest BCUT2D eigenvalue weighted by atomic mass is 9.79. The highest BCUT2D eigenvalue weighted by Gasteiger charge is 2.27. The zero-order valence-corrected chi connectivity index (χ0v) is 11.5. The molecule has 1 heterocycles. The predicted octanol–water partition coefficient (Wildman–Crippen LogP) is 3.53. The molecule has 0 atom stereocenters. The summed E-state index contributed by atoms with van der Waals surface area (Å²) in [5.74, 6) is 0.931. The molecule has 3 nitrogen and oxygen atoms in total. The van der Waals surface area contributed by atoms with Crippen LogP contribution in [0.15, 0.2) is 34.6 Å². The van der Waals surface area contributed by atoms with Crippen LogP contribution in [-0.2, 0) is 4.79 Å². The lowest BCUT2D eigenvalue weighted by molar-refractivity contribution is -0.117. The molecule has 1 N–H and O–H groups in total. The van der Waals surface area contributed by atoms with E-state index in [9.17, 15) is 4.79 Å². The predicted molar refractivity (Wildman–Crippen MR) is 71.7 cm³/mol. The third-order valence-corrected chi connectivity index (χ3v) is 3.33. The maximum absolute atomic E-state index is 11.6. The van der Waals surface area contributed by atoms with Crippen LogP contribution in [0.5, 0.6) is 0 Å². The van der Waals surface area contributed by atoms with Gasteiger partial charge in [-0.2, -0.15) is 0 Å². The van der Waals surface area contributed by atoms with Crippen LogP contribution < -0.4 is 5.32 Å². The summed E-state index contributed by atoms with van der Waals surface area (Å²) in [6.07, 6.45) is 4.89. The van der Waals surface area contributed by atoms with E-state index in [1.165, 1.54) is 0 Å². The SMILES string of the molecule is CC1(C)CC(=O)C=C(Nc2ncccc2Br)C1. The molecule has 1 aromatic rings. The maximum atomic E-state index is 11.6. The van der Waals surface area contributed by atoms with Crippen molar-refractivity contribution in [3.63, 3.8) is 0 Å². The minimum atomic E-state index is 0.0232. The smallest absolute Gasteiger partial charge is 0.157 e. The van der Waals surface area contributed by atoms with E-state index in [4.69, 9.17) is 0 Å². The molecule has 4 heteroatoms. The Kier molecular flexibility index (Phi) is 3.33. The molecular weight excluding hydrogens is 280 g/mol. The van der Waals surface area contributed by atoms with Crippen LogP contribution in [0.3, 0.4) is 0 Å². The monoisotopic (exact) mass is 294 g/mol. The summed E-state index contributed by atoms with van der Waals surface area (Å²) in [7, 11) is 0. The molecule has 0 amide bonds. The molecule has 0 fully saturated rings. The fraction of sp³-hybridized carbons (Fsp3) is 0.385. The highest BCUT2D eigenvalue weighted by molar-refractivity contribution is 9.10. The fourth-order valence-electron chi connectivity index (χ4n) is 2.06. The molecule has 2 rings (SSSR count). The molecule has 1 aliphatic carbocycles. The Balaban J connectivity index is 2.20.